The highest BCUT2D eigenvalue weighted by Gasteiger charge is 2.35. The highest BCUT2D eigenvalue weighted by molar-refractivity contribution is 9.18. The van der Waals surface area contributed by atoms with Gasteiger partial charge in [0.05, 0.1) is 16.3 Å². The summed E-state index contributed by atoms with van der Waals surface area (Å²) in [6.07, 6.45) is 1.91. The SMILES string of the molecule is Cc1cc(N)cc(C(=O)NC(C)C)c1NC(=O)C1CC(Br)=NN1c1ncccc1Cl. The van der Waals surface area contributed by atoms with E-state index in [4.69, 9.17) is 17.3 Å². The lowest BCUT2D eigenvalue weighted by Crippen LogP contribution is -2.40. The van der Waals surface area contributed by atoms with Crippen molar-refractivity contribution in [3.63, 3.8) is 0 Å². The number of amides is 2. The Morgan fingerprint density at radius 1 is 1.37 bits per heavy atom. The second kappa shape index (κ2) is 9.01. The Kier molecular flexibility index (Phi) is 6.62. The zero-order chi connectivity index (χ0) is 22.0. The number of anilines is 3. The van der Waals surface area contributed by atoms with E-state index in [0.717, 1.165) is 0 Å². The molecule has 158 valence electrons. The molecule has 2 aromatic rings. The lowest BCUT2D eigenvalue weighted by Gasteiger charge is -2.24. The van der Waals surface area contributed by atoms with Crippen LogP contribution in [-0.2, 0) is 4.79 Å². The zero-order valence-electron chi connectivity index (χ0n) is 16.7. The van der Waals surface area contributed by atoms with Gasteiger partial charge in [0.1, 0.15) is 10.7 Å². The summed E-state index contributed by atoms with van der Waals surface area (Å²) in [4.78, 5) is 30.1. The van der Waals surface area contributed by atoms with Crippen LogP contribution >= 0.6 is 27.5 Å². The number of carbonyl (C=O) groups excluding carboxylic acids is 2. The molecule has 0 saturated carbocycles. The van der Waals surface area contributed by atoms with E-state index < -0.39 is 6.04 Å². The Hall–Kier alpha value is -2.65. The Labute approximate surface area is 188 Å². The second-order valence-corrected chi connectivity index (χ2v) is 8.55. The third-order valence-electron chi connectivity index (χ3n) is 4.40. The summed E-state index contributed by atoms with van der Waals surface area (Å²) in [7, 11) is 0. The van der Waals surface area contributed by atoms with Gasteiger partial charge >= 0.3 is 0 Å². The van der Waals surface area contributed by atoms with Crippen LogP contribution in [0.25, 0.3) is 0 Å². The molecule has 1 aliphatic heterocycles. The molecule has 2 heterocycles. The van der Waals surface area contributed by atoms with Crippen LogP contribution in [-0.4, -0.2) is 33.5 Å². The van der Waals surface area contributed by atoms with Crippen LogP contribution in [0.3, 0.4) is 0 Å². The fraction of sp³-hybridized carbons (Fsp3) is 0.300. The van der Waals surface area contributed by atoms with Gasteiger partial charge in [0.2, 0.25) is 5.91 Å². The second-order valence-electron chi connectivity index (χ2n) is 7.23. The summed E-state index contributed by atoms with van der Waals surface area (Å²) >= 11 is 9.61. The van der Waals surface area contributed by atoms with Crippen LogP contribution in [0.5, 0.6) is 0 Å². The van der Waals surface area contributed by atoms with Gasteiger partial charge in [0.25, 0.3) is 5.91 Å². The number of nitrogen functional groups attached to an aromatic ring is 1. The van der Waals surface area contributed by atoms with Crippen LogP contribution in [0, 0.1) is 6.92 Å². The Balaban J connectivity index is 1.92. The number of rotatable bonds is 5. The van der Waals surface area contributed by atoms with E-state index in [-0.39, 0.29) is 17.9 Å². The molecule has 1 aliphatic rings. The standard InChI is InChI=1S/C20H22BrClN6O2/c1-10(2)25-19(29)13-8-12(23)7-11(3)17(13)26-20(30)15-9-16(21)27-28(15)18-14(22)5-4-6-24-18/h4-8,10,15H,9,23H2,1-3H3,(H,25,29)(H,26,30). The molecule has 0 spiro atoms. The molecule has 30 heavy (non-hydrogen) atoms. The molecule has 2 amide bonds. The van der Waals surface area contributed by atoms with Crippen molar-refractivity contribution in [2.24, 2.45) is 5.10 Å². The summed E-state index contributed by atoms with van der Waals surface area (Å²) in [5, 5.41) is 11.9. The molecule has 4 N–H and O–H groups in total. The van der Waals surface area contributed by atoms with E-state index in [0.29, 0.717) is 44.4 Å². The van der Waals surface area contributed by atoms with Crippen molar-refractivity contribution in [3.05, 3.63) is 46.6 Å². The van der Waals surface area contributed by atoms with Crippen LogP contribution in [0.2, 0.25) is 5.02 Å². The molecule has 0 fully saturated rings. The minimum Gasteiger partial charge on any atom is -0.399 e. The highest BCUT2D eigenvalue weighted by Crippen LogP contribution is 2.32. The Morgan fingerprint density at radius 2 is 2.10 bits per heavy atom. The predicted molar refractivity (Wildman–Crippen MR) is 123 cm³/mol. The molecule has 0 bridgehead atoms. The van der Waals surface area contributed by atoms with Crippen LogP contribution in [0.4, 0.5) is 17.2 Å². The fourth-order valence-electron chi connectivity index (χ4n) is 3.12. The van der Waals surface area contributed by atoms with Crippen molar-refractivity contribution in [3.8, 4) is 0 Å². The number of halogens is 2. The number of nitrogens with one attached hydrogen (secondary N) is 2. The first-order valence-electron chi connectivity index (χ1n) is 9.32. The average molecular weight is 494 g/mol. The van der Waals surface area contributed by atoms with Crippen molar-refractivity contribution in [1.29, 1.82) is 0 Å². The smallest absolute Gasteiger partial charge is 0.253 e. The Morgan fingerprint density at radius 3 is 2.77 bits per heavy atom. The first-order chi connectivity index (χ1) is 14.2. The summed E-state index contributed by atoms with van der Waals surface area (Å²) in [6, 6.07) is 5.88. The first-order valence-corrected chi connectivity index (χ1v) is 10.5. The van der Waals surface area contributed by atoms with Crippen molar-refractivity contribution >= 4 is 61.2 Å². The maximum atomic E-state index is 13.2. The average Bonchev–Trinajstić information content (AvgIpc) is 3.05. The molecule has 8 nitrogen and oxygen atoms in total. The number of nitrogens with zero attached hydrogens (tertiary/aromatic N) is 3. The summed E-state index contributed by atoms with van der Waals surface area (Å²) in [5.41, 5.74) is 7.76. The van der Waals surface area contributed by atoms with Crippen molar-refractivity contribution < 1.29 is 9.59 Å². The molecule has 0 radical (unpaired) electrons. The quantitative estimate of drug-likeness (QED) is 0.550. The summed E-state index contributed by atoms with van der Waals surface area (Å²) in [6.45, 7) is 5.50. The number of aromatic nitrogens is 1. The molecule has 3 rings (SSSR count). The minimum atomic E-state index is -0.690. The molecular formula is C20H22BrClN6O2. The van der Waals surface area contributed by atoms with Crippen LogP contribution < -0.4 is 21.4 Å². The normalized spacial score (nSPS) is 15.9. The van der Waals surface area contributed by atoms with Gasteiger partial charge in [-0.2, -0.15) is 5.10 Å². The summed E-state index contributed by atoms with van der Waals surface area (Å²) < 4.78 is 0.594. The van der Waals surface area contributed by atoms with Crippen LogP contribution in [0.1, 0.15) is 36.2 Å². The topological polar surface area (TPSA) is 113 Å². The van der Waals surface area contributed by atoms with Gasteiger partial charge in [0, 0.05) is 24.3 Å². The lowest BCUT2D eigenvalue weighted by atomic mass is 10.0. The fourth-order valence-corrected chi connectivity index (χ4v) is 3.81. The molecule has 1 atom stereocenters. The van der Waals surface area contributed by atoms with Crippen molar-refractivity contribution in [1.82, 2.24) is 10.3 Å². The maximum Gasteiger partial charge on any atom is 0.253 e. The number of benzene rings is 1. The molecule has 0 aliphatic carbocycles. The Bertz CT molecular complexity index is 1030. The highest BCUT2D eigenvalue weighted by atomic mass is 79.9. The zero-order valence-corrected chi connectivity index (χ0v) is 19.1. The maximum absolute atomic E-state index is 13.2. The molecular weight excluding hydrogens is 472 g/mol. The van der Waals surface area contributed by atoms with Gasteiger partial charge < -0.3 is 16.4 Å². The molecule has 1 unspecified atom stereocenters. The van der Waals surface area contributed by atoms with Gasteiger partial charge in [-0.1, -0.05) is 11.6 Å². The number of carbonyl (C=O) groups is 2. The molecule has 1 aromatic heterocycles. The third-order valence-corrected chi connectivity index (χ3v) is 5.18. The van der Waals surface area contributed by atoms with E-state index >= 15 is 0 Å². The molecule has 1 aromatic carbocycles. The predicted octanol–water partition coefficient (Wildman–Crippen LogP) is 3.69. The van der Waals surface area contributed by atoms with Gasteiger partial charge in [-0.25, -0.2) is 9.99 Å². The van der Waals surface area contributed by atoms with Crippen molar-refractivity contribution in [2.45, 2.75) is 39.3 Å². The van der Waals surface area contributed by atoms with Gasteiger partial charge in [0.15, 0.2) is 5.82 Å². The number of nitrogens with two attached hydrogens (primary N) is 1. The molecule has 10 heteroatoms. The van der Waals surface area contributed by atoms with E-state index in [1.807, 2.05) is 13.8 Å². The van der Waals surface area contributed by atoms with Gasteiger partial charge in [-0.15, -0.1) is 0 Å². The number of pyridine rings is 1. The first kappa shape index (κ1) is 22.0. The molecule has 0 saturated heterocycles. The number of hydrogen-bond donors (Lipinski definition) is 3. The number of aryl methyl sites for hydroxylation is 1. The van der Waals surface area contributed by atoms with E-state index in [1.54, 1.807) is 37.4 Å². The van der Waals surface area contributed by atoms with E-state index in [9.17, 15) is 9.59 Å². The van der Waals surface area contributed by atoms with E-state index in [1.165, 1.54) is 5.01 Å². The third kappa shape index (κ3) is 4.73. The van der Waals surface area contributed by atoms with E-state index in [2.05, 4.69) is 36.6 Å². The largest absolute Gasteiger partial charge is 0.399 e. The summed E-state index contributed by atoms with van der Waals surface area (Å²) in [5.74, 6) is -0.286. The van der Waals surface area contributed by atoms with Crippen LogP contribution in [0.15, 0.2) is 35.6 Å². The van der Waals surface area contributed by atoms with Gasteiger partial charge in [-0.05, 0) is 66.5 Å². The monoisotopic (exact) mass is 492 g/mol. The number of hydrazone groups is 1. The minimum absolute atomic E-state index is 0.0660. The van der Waals surface area contributed by atoms with Gasteiger partial charge in [-0.3, -0.25) is 9.59 Å². The van der Waals surface area contributed by atoms with Crippen molar-refractivity contribution in [2.75, 3.05) is 16.1 Å². The lowest BCUT2D eigenvalue weighted by molar-refractivity contribution is -0.117. The number of hydrogen-bond acceptors (Lipinski definition) is 6.